The molecule has 0 aliphatic rings. The second-order valence-electron chi connectivity index (χ2n) is 5.98. The first-order chi connectivity index (χ1) is 13.0. The van der Waals surface area contributed by atoms with E-state index < -0.39 is 0 Å². The molecule has 6 nitrogen and oxygen atoms in total. The number of amides is 1. The highest BCUT2D eigenvalue weighted by atomic mass is 16.5. The van der Waals surface area contributed by atoms with Crippen LogP contribution in [0.1, 0.15) is 35.7 Å². The number of carbonyl (C=O) groups is 2. The maximum absolute atomic E-state index is 12.2. The highest BCUT2D eigenvalue weighted by Crippen LogP contribution is 2.23. The lowest BCUT2D eigenvalue weighted by atomic mass is 10.1. The number of anilines is 1. The summed E-state index contributed by atoms with van der Waals surface area (Å²) in [5, 5.41) is 2.83. The molecule has 6 heteroatoms. The first kappa shape index (κ1) is 20.3. The number of hydrogen-bond acceptors (Lipinski definition) is 5. The third kappa shape index (κ3) is 6.33. The fourth-order valence-electron chi connectivity index (χ4n) is 2.46. The van der Waals surface area contributed by atoms with Crippen molar-refractivity contribution in [2.24, 2.45) is 0 Å². The summed E-state index contributed by atoms with van der Waals surface area (Å²) in [7, 11) is 3.18. The summed E-state index contributed by atoms with van der Waals surface area (Å²) in [6.45, 7) is 2.33. The predicted octanol–water partition coefficient (Wildman–Crippen LogP) is 3.84. The van der Waals surface area contributed by atoms with Crippen molar-refractivity contribution in [3.8, 4) is 11.5 Å². The molecular formula is C21H25NO5. The number of nitrogens with one attached hydrogen (secondary N) is 1. The molecule has 2 aromatic carbocycles. The van der Waals surface area contributed by atoms with Gasteiger partial charge in [-0.2, -0.15) is 0 Å². The second-order valence-corrected chi connectivity index (χ2v) is 5.98. The van der Waals surface area contributed by atoms with Gasteiger partial charge in [0.2, 0.25) is 5.91 Å². The van der Waals surface area contributed by atoms with Gasteiger partial charge in [0.1, 0.15) is 11.5 Å². The fraction of sp³-hybridized carbons (Fsp3) is 0.333. The first-order valence-corrected chi connectivity index (χ1v) is 8.84. The molecule has 0 saturated heterocycles. The van der Waals surface area contributed by atoms with Crippen molar-refractivity contribution in [1.29, 1.82) is 0 Å². The van der Waals surface area contributed by atoms with Crippen LogP contribution in [0.4, 0.5) is 5.69 Å². The zero-order chi connectivity index (χ0) is 19.6. The van der Waals surface area contributed by atoms with Gasteiger partial charge in [0.05, 0.1) is 26.4 Å². The summed E-state index contributed by atoms with van der Waals surface area (Å²) in [6.07, 6.45) is 1.65. The molecule has 2 aromatic rings. The standard InChI is InChI=1S/C21H25NO5/c1-4-11-27-21(24)16-6-8-17(9-7-16)22-20(23)10-5-15-12-18(25-2)14-19(13-15)26-3/h6-9,12-14H,4-5,10-11H2,1-3H3,(H,22,23). The average molecular weight is 371 g/mol. The smallest absolute Gasteiger partial charge is 0.338 e. The highest BCUT2D eigenvalue weighted by molar-refractivity contribution is 5.93. The van der Waals surface area contributed by atoms with Gasteiger partial charge in [-0.3, -0.25) is 4.79 Å². The van der Waals surface area contributed by atoms with Crippen LogP contribution in [0.2, 0.25) is 0 Å². The summed E-state index contributed by atoms with van der Waals surface area (Å²) in [5.74, 6) is 0.908. The SMILES string of the molecule is CCCOC(=O)c1ccc(NC(=O)CCc2cc(OC)cc(OC)c2)cc1. The van der Waals surface area contributed by atoms with E-state index in [-0.39, 0.29) is 11.9 Å². The summed E-state index contributed by atoms with van der Waals surface area (Å²) in [6, 6.07) is 12.2. The van der Waals surface area contributed by atoms with Crippen LogP contribution in [-0.2, 0) is 16.0 Å². The van der Waals surface area contributed by atoms with E-state index in [1.807, 2.05) is 19.1 Å². The topological polar surface area (TPSA) is 73.9 Å². The van der Waals surface area contributed by atoms with Crippen molar-refractivity contribution >= 4 is 17.6 Å². The van der Waals surface area contributed by atoms with Crippen LogP contribution < -0.4 is 14.8 Å². The summed E-state index contributed by atoms with van der Waals surface area (Å²) in [4.78, 5) is 24.0. The largest absolute Gasteiger partial charge is 0.497 e. The van der Waals surface area contributed by atoms with Crippen LogP contribution in [0.5, 0.6) is 11.5 Å². The molecule has 0 aliphatic heterocycles. The minimum atomic E-state index is -0.360. The van der Waals surface area contributed by atoms with Gasteiger partial charge < -0.3 is 19.5 Å². The highest BCUT2D eigenvalue weighted by Gasteiger charge is 2.09. The number of ether oxygens (including phenoxy) is 3. The third-order valence-electron chi connectivity index (χ3n) is 3.89. The van der Waals surface area contributed by atoms with E-state index in [1.54, 1.807) is 44.6 Å². The molecule has 0 spiro atoms. The van der Waals surface area contributed by atoms with Crippen molar-refractivity contribution in [2.75, 3.05) is 26.1 Å². The van der Waals surface area contributed by atoms with Gasteiger partial charge in [0, 0.05) is 18.2 Å². The third-order valence-corrected chi connectivity index (χ3v) is 3.89. The van der Waals surface area contributed by atoms with Crippen LogP contribution in [0, 0.1) is 0 Å². The molecule has 27 heavy (non-hydrogen) atoms. The molecule has 0 atom stereocenters. The molecule has 1 amide bonds. The minimum absolute atomic E-state index is 0.113. The molecule has 0 unspecified atom stereocenters. The normalized spacial score (nSPS) is 10.2. The Kier molecular flexibility index (Phi) is 7.67. The van der Waals surface area contributed by atoms with E-state index in [0.717, 1.165) is 12.0 Å². The van der Waals surface area contributed by atoms with E-state index in [2.05, 4.69) is 5.32 Å². The van der Waals surface area contributed by atoms with E-state index >= 15 is 0 Å². The molecule has 0 aromatic heterocycles. The molecule has 2 rings (SSSR count). The number of carbonyl (C=O) groups excluding carboxylic acids is 2. The van der Waals surface area contributed by atoms with Crippen molar-refractivity contribution in [3.05, 3.63) is 53.6 Å². The molecular weight excluding hydrogens is 346 g/mol. The Morgan fingerprint density at radius 1 is 0.963 bits per heavy atom. The van der Waals surface area contributed by atoms with Crippen LogP contribution in [0.15, 0.2) is 42.5 Å². The number of hydrogen-bond donors (Lipinski definition) is 1. The monoisotopic (exact) mass is 371 g/mol. The molecule has 0 aliphatic carbocycles. The Morgan fingerprint density at radius 2 is 1.59 bits per heavy atom. The Bertz CT molecular complexity index is 748. The van der Waals surface area contributed by atoms with Gasteiger partial charge >= 0.3 is 5.97 Å². The molecule has 0 heterocycles. The lowest BCUT2D eigenvalue weighted by molar-refractivity contribution is -0.116. The number of benzene rings is 2. The van der Waals surface area contributed by atoms with E-state index in [9.17, 15) is 9.59 Å². The van der Waals surface area contributed by atoms with Gasteiger partial charge in [0.25, 0.3) is 0 Å². The lowest BCUT2D eigenvalue weighted by Crippen LogP contribution is -2.12. The van der Waals surface area contributed by atoms with Crippen LogP contribution in [0.3, 0.4) is 0 Å². The maximum atomic E-state index is 12.2. The lowest BCUT2D eigenvalue weighted by Gasteiger charge is -2.09. The van der Waals surface area contributed by atoms with Crippen LogP contribution in [0.25, 0.3) is 0 Å². The summed E-state index contributed by atoms with van der Waals surface area (Å²) >= 11 is 0. The zero-order valence-corrected chi connectivity index (χ0v) is 15.9. The molecule has 144 valence electrons. The van der Waals surface area contributed by atoms with Crippen LogP contribution >= 0.6 is 0 Å². The van der Waals surface area contributed by atoms with E-state index in [1.165, 1.54) is 0 Å². The van der Waals surface area contributed by atoms with Crippen molar-refractivity contribution in [3.63, 3.8) is 0 Å². The molecule has 0 fully saturated rings. The number of rotatable bonds is 9. The average Bonchev–Trinajstić information content (AvgIpc) is 2.70. The fourth-order valence-corrected chi connectivity index (χ4v) is 2.46. The molecule has 1 N–H and O–H groups in total. The molecule has 0 saturated carbocycles. The van der Waals surface area contributed by atoms with Gasteiger partial charge in [-0.05, 0) is 54.8 Å². The van der Waals surface area contributed by atoms with Crippen molar-refractivity contribution < 1.29 is 23.8 Å². The minimum Gasteiger partial charge on any atom is -0.497 e. The Hall–Kier alpha value is -3.02. The maximum Gasteiger partial charge on any atom is 0.338 e. The van der Waals surface area contributed by atoms with E-state index in [0.29, 0.717) is 42.2 Å². The van der Waals surface area contributed by atoms with Crippen molar-refractivity contribution in [2.45, 2.75) is 26.2 Å². The number of esters is 1. The second kappa shape index (κ2) is 10.2. The summed E-state index contributed by atoms with van der Waals surface area (Å²) < 4.78 is 15.5. The number of methoxy groups -OCH3 is 2. The Balaban J connectivity index is 1.89. The predicted molar refractivity (Wildman–Crippen MR) is 104 cm³/mol. The molecule has 0 radical (unpaired) electrons. The van der Waals surface area contributed by atoms with Gasteiger partial charge in [-0.1, -0.05) is 6.92 Å². The number of aryl methyl sites for hydroxylation is 1. The zero-order valence-electron chi connectivity index (χ0n) is 15.9. The first-order valence-electron chi connectivity index (χ1n) is 8.84. The Labute approximate surface area is 159 Å². The van der Waals surface area contributed by atoms with Crippen LogP contribution in [-0.4, -0.2) is 32.7 Å². The van der Waals surface area contributed by atoms with Gasteiger partial charge in [0.15, 0.2) is 0 Å². The Morgan fingerprint density at radius 3 is 2.15 bits per heavy atom. The van der Waals surface area contributed by atoms with Crippen molar-refractivity contribution in [1.82, 2.24) is 0 Å². The van der Waals surface area contributed by atoms with Gasteiger partial charge in [-0.25, -0.2) is 4.79 Å². The molecule has 0 bridgehead atoms. The van der Waals surface area contributed by atoms with Gasteiger partial charge in [-0.15, -0.1) is 0 Å². The van der Waals surface area contributed by atoms with E-state index in [4.69, 9.17) is 14.2 Å². The summed E-state index contributed by atoms with van der Waals surface area (Å²) in [5.41, 5.74) is 2.05. The quantitative estimate of drug-likeness (QED) is 0.678.